The molecule has 108 valence electrons. The van der Waals surface area contributed by atoms with Gasteiger partial charge in [0.05, 0.1) is 22.8 Å². The molecule has 2 rings (SSSR count). The van der Waals surface area contributed by atoms with E-state index in [0.717, 1.165) is 0 Å². The molecule has 1 amide bonds. The van der Waals surface area contributed by atoms with Crippen LogP contribution in [0.1, 0.15) is 26.3 Å². The van der Waals surface area contributed by atoms with E-state index in [2.05, 4.69) is 5.32 Å². The first kappa shape index (κ1) is 14.1. The van der Waals surface area contributed by atoms with Crippen LogP contribution in [0.5, 0.6) is 5.75 Å². The van der Waals surface area contributed by atoms with Crippen molar-refractivity contribution in [2.45, 2.75) is 32.8 Å². The van der Waals surface area contributed by atoms with E-state index in [1.54, 1.807) is 6.92 Å². The molecule has 7 nitrogen and oxygen atoms in total. The number of ether oxygens (including phenoxy) is 2. The first-order chi connectivity index (χ1) is 9.34. The third-order valence-electron chi connectivity index (χ3n) is 2.93. The molecule has 0 radical (unpaired) electrons. The number of nitro benzene ring substituents is 1. The van der Waals surface area contributed by atoms with E-state index in [9.17, 15) is 14.9 Å². The van der Waals surface area contributed by atoms with Gasteiger partial charge in [-0.25, -0.2) is 4.79 Å². The van der Waals surface area contributed by atoms with E-state index >= 15 is 0 Å². The standard InChI is InChI=1S/C13H16N2O5/c1-4-19-12(16)14-9-5-6-10(15(17)18)8-7-13(2,3)20-11(8)9/h5-6H,4,7H2,1-3H3,(H,14,16). The Morgan fingerprint density at radius 3 is 2.85 bits per heavy atom. The molecule has 0 spiro atoms. The number of carbonyl (C=O) groups excluding carboxylic acids is 1. The molecule has 1 aromatic carbocycles. The van der Waals surface area contributed by atoms with Gasteiger partial charge < -0.3 is 9.47 Å². The highest BCUT2D eigenvalue weighted by Crippen LogP contribution is 2.45. The summed E-state index contributed by atoms with van der Waals surface area (Å²) in [7, 11) is 0. The smallest absolute Gasteiger partial charge is 0.411 e. The average Bonchev–Trinajstić information content (AvgIpc) is 2.64. The second-order valence-corrected chi connectivity index (χ2v) is 5.08. The van der Waals surface area contributed by atoms with Crippen LogP contribution in [0.4, 0.5) is 16.2 Å². The predicted molar refractivity (Wildman–Crippen MR) is 72.2 cm³/mol. The van der Waals surface area contributed by atoms with Crippen LogP contribution >= 0.6 is 0 Å². The number of hydrogen-bond donors (Lipinski definition) is 1. The lowest BCUT2D eigenvalue weighted by Gasteiger charge is -2.18. The summed E-state index contributed by atoms with van der Waals surface area (Å²) in [5.41, 5.74) is 0.336. The molecule has 0 aromatic heterocycles. The highest BCUT2D eigenvalue weighted by molar-refractivity contribution is 5.88. The van der Waals surface area contributed by atoms with Crippen molar-refractivity contribution in [3.05, 3.63) is 27.8 Å². The zero-order valence-electron chi connectivity index (χ0n) is 11.6. The highest BCUT2D eigenvalue weighted by atomic mass is 16.6. The first-order valence-corrected chi connectivity index (χ1v) is 6.27. The van der Waals surface area contributed by atoms with Crippen molar-refractivity contribution in [3.8, 4) is 5.75 Å². The number of carbonyl (C=O) groups is 1. The second-order valence-electron chi connectivity index (χ2n) is 5.08. The number of nitrogens with one attached hydrogen (secondary N) is 1. The normalized spacial score (nSPS) is 15.2. The van der Waals surface area contributed by atoms with Crippen molar-refractivity contribution < 1.29 is 19.2 Å². The zero-order chi connectivity index (χ0) is 14.9. The van der Waals surface area contributed by atoms with Gasteiger partial charge in [0.15, 0.2) is 5.75 Å². The summed E-state index contributed by atoms with van der Waals surface area (Å²) >= 11 is 0. The fourth-order valence-electron chi connectivity index (χ4n) is 2.19. The van der Waals surface area contributed by atoms with Gasteiger partial charge in [0.25, 0.3) is 5.69 Å². The molecule has 1 aromatic rings. The van der Waals surface area contributed by atoms with Crippen LogP contribution in [0, 0.1) is 10.1 Å². The fourth-order valence-corrected chi connectivity index (χ4v) is 2.19. The molecule has 0 saturated heterocycles. The maximum Gasteiger partial charge on any atom is 0.411 e. The molecule has 1 heterocycles. The van der Waals surface area contributed by atoms with Crippen LogP contribution in [0.3, 0.4) is 0 Å². The Kier molecular flexibility index (Phi) is 3.52. The second kappa shape index (κ2) is 4.99. The number of nitrogens with zero attached hydrogens (tertiary/aromatic N) is 1. The Bertz CT molecular complexity index is 568. The third-order valence-corrected chi connectivity index (χ3v) is 2.93. The first-order valence-electron chi connectivity index (χ1n) is 6.27. The van der Waals surface area contributed by atoms with Gasteiger partial charge in [-0.2, -0.15) is 0 Å². The topological polar surface area (TPSA) is 90.7 Å². The lowest BCUT2D eigenvalue weighted by atomic mass is 10.00. The Hall–Kier alpha value is -2.31. The largest absolute Gasteiger partial charge is 0.485 e. The molecule has 20 heavy (non-hydrogen) atoms. The number of anilines is 1. The minimum absolute atomic E-state index is 0.0000149. The van der Waals surface area contributed by atoms with E-state index in [-0.39, 0.29) is 12.3 Å². The van der Waals surface area contributed by atoms with Crippen molar-refractivity contribution >= 4 is 17.5 Å². The summed E-state index contributed by atoms with van der Waals surface area (Å²) in [5.74, 6) is 0.345. The molecule has 1 aliphatic rings. The van der Waals surface area contributed by atoms with E-state index in [0.29, 0.717) is 23.4 Å². The average molecular weight is 280 g/mol. The Morgan fingerprint density at radius 2 is 2.25 bits per heavy atom. The van der Waals surface area contributed by atoms with Gasteiger partial charge in [-0.3, -0.25) is 15.4 Å². The van der Waals surface area contributed by atoms with Crippen molar-refractivity contribution in [3.63, 3.8) is 0 Å². The summed E-state index contributed by atoms with van der Waals surface area (Å²) in [6, 6.07) is 2.82. The van der Waals surface area contributed by atoms with Crippen LogP contribution < -0.4 is 10.1 Å². The Labute approximate surface area is 116 Å². The molecule has 0 saturated carbocycles. The molecular formula is C13H16N2O5. The van der Waals surface area contributed by atoms with Crippen LogP contribution in [-0.2, 0) is 11.2 Å². The van der Waals surface area contributed by atoms with Gasteiger partial charge in [-0.15, -0.1) is 0 Å². The van der Waals surface area contributed by atoms with Crippen LogP contribution in [0.2, 0.25) is 0 Å². The molecule has 0 fully saturated rings. The van der Waals surface area contributed by atoms with E-state index in [1.807, 2.05) is 13.8 Å². The number of benzene rings is 1. The summed E-state index contributed by atoms with van der Waals surface area (Å²) in [6.45, 7) is 5.61. The van der Waals surface area contributed by atoms with Gasteiger partial charge in [0.1, 0.15) is 5.60 Å². The fraction of sp³-hybridized carbons (Fsp3) is 0.462. The van der Waals surface area contributed by atoms with Gasteiger partial charge in [0, 0.05) is 12.5 Å². The van der Waals surface area contributed by atoms with E-state index in [4.69, 9.17) is 9.47 Å². The molecule has 0 atom stereocenters. The van der Waals surface area contributed by atoms with Gasteiger partial charge in [-0.05, 0) is 26.8 Å². The molecule has 0 aliphatic carbocycles. The third kappa shape index (κ3) is 2.66. The predicted octanol–water partition coefficient (Wildman–Crippen LogP) is 2.88. The van der Waals surface area contributed by atoms with Crippen LogP contribution in [0.25, 0.3) is 0 Å². The number of rotatable bonds is 3. The number of hydrogen-bond acceptors (Lipinski definition) is 5. The molecule has 0 unspecified atom stereocenters. The molecular weight excluding hydrogens is 264 g/mol. The zero-order valence-corrected chi connectivity index (χ0v) is 11.6. The maximum absolute atomic E-state index is 11.5. The van der Waals surface area contributed by atoms with Crippen molar-refractivity contribution in [2.75, 3.05) is 11.9 Å². The lowest BCUT2D eigenvalue weighted by Crippen LogP contribution is -2.25. The van der Waals surface area contributed by atoms with Crippen molar-refractivity contribution in [1.82, 2.24) is 0 Å². The summed E-state index contributed by atoms with van der Waals surface area (Å²) in [6.07, 6.45) is -0.200. The SMILES string of the molecule is CCOC(=O)Nc1ccc([N+](=O)[O-])c2c1OC(C)(C)C2. The Balaban J connectivity index is 2.40. The molecule has 1 N–H and O–H groups in total. The van der Waals surface area contributed by atoms with Gasteiger partial charge >= 0.3 is 6.09 Å². The summed E-state index contributed by atoms with van der Waals surface area (Å²) < 4.78 is 10.5. The maximum atomic E-state index is 11.5. The van der Waals surface area contributed by atoms with Crippen LogP contribution in [0.15, 0.2) is 12.1 Å². The van der Waals surface area contributed by atoms with E-state index < -0.39 is 16.6 Å². The monoisotopic (exact) mass is 280 g/mol. The summed E-state index contributed by atoms with van der Waals surface area (Å²) in [5, 5.41) is 13.6. The number of amides is 1. The number of nitro groups is 1. The number of fused-ring (bicyclic) bond motifs is 1. The minimum Gasteiger partial charge on any atom is -0.485 e. The minimum atomic E-state index is -0.614. The molecule has 1 aliphatic heterocycles. The highest BCUT2D eigenvalue weighted by Gasteiger charge is 2.37. The lowest BCUT2D eigenvalue weighted by molar-refractivity contribution is -0.385. The van der Waals surface area contributed by atoms with Gasteiger partial charge in [-0.1, -0.05) is 0 Å². The molecule has 0 bridgehead atoms. The summed E-state index contributed by atoms with van der Waals surface area (Å²) in [4.78, 5) is 22.1. The van der Waals surface area contributed by atoms with Crippen LogP contribution in [-0.4, -0.2) is 23.2 Å². The Morgan fingerprint density at radius 1 is 1.55 bits per heavy atom. The van der Waals surface area contributed by atoms with E-state index in [1.165, 1.54) is 12.1 Å². The quantitative estimate of drug-likeness (QED) is 0.679. The van der Waals surface area contributed by atoms with Crippen molar-refractivity contribution in [1.29, 1.82) is 0 Å². The van der Waals surface area contributed by atoms with Gasteiger partial charge in [0.2, 0.25) is 0 Å². The molecule has 7 heteroatoms. The van der Waals surface area contributed by atoms with Crippen molar-refractivity contribution in [2.24, 2.45) is 0 Å².